The molecular formula is C30H27ClFN5O5. The number of carbonyl (C=O) groups is 1. The fourth-order valence-corrected chi connectivity index (χ4v) is 6.84. The predicted octanol–water partition coefficient (Wildman–Crippen LogP) is 4.47. The molecule has 1 N–H and O–H groups in total. The molecule has 0 saturated carbocycles. The van der Waals surface area contributed by atoms with E-state index in [2.05, 4.69) is 19.4 Å². The van der Waals surface area contributed by atoms with Gasteiger partial charge in [-0.2, -0.15) is 0 Å². The summed E-state index contributed by atoms with van der Waals surface area (Å²) in [4.78, 5) is 25.8. The van der Waals surface area contributed by atoms with E-state index in [0.717, 1.165) is 31.0 Å². The van der Waals surface area contributed by atoms with E-state index >= 15 is 0 Å². The van der Waals surface area contributed by atoms with Gasteiger partial charge in [-0.15, -0.1) is 0 Å². The number of halogens is 2. The topological polar surface area (TPSA) is 102 Å². The number of imidazole rings is 1. The molecule has 0 radical (unpaired) electrons. The van der Waals surface area contributed by atoms with Crippen molar-refractivity contribution in [3.8, 4) is 11.5 Å². The summed E-state index contributed by atoms with van der Waals surface area (Å²) < 4.78 is 35.5. The number of hydrogen-bond donors (Lipinski definition) is 1. The van der Waals surface area contributed by atoms with Crippen LogP contribution in [0.3, 0.4) is 0 Å². The second kappa shape index (κ2) is 9.82. The van der Waals surface area contributed by atoms with Gasteiger partial charge in [0, 0.05) is 36.8 Å². The Morgan fingerprint density at radius 2 is 2.00 bits per heavy atom. The highest BCUT2D eigenvalue weighted by Crippen LogP contribution is 2.46. The summed E-state index contributed by atoms with van der Waals surface area (Å²) in [5.74, 6) is 0.575. The van der Waals surface area contributed by atoms with Crippen molar-refractivity contribution in [2.45, 2.75) is 37.3 Å². The molecule has 0 aliphatic carbocycles. The number of pyridine rings is 1. The van der Waals surface area contributed by atoms with E-state index in [4.69, 9.17) is 30.8 Å². The van der Waals surface area contributed by atoms with Gasteiger partial charge in [-0.1, -0.05) is 23.7 Å². The lowest BCUT2D eigenvalue weighted by atomic mass is 9.91. The maximum Gasteiger partial charge on any atom is 0.354 e. The Morgan fingerprint density at radius 1 is 1.12 bits per heavy atom. The van der Waals surface area contributed by atoms with E-state index in [1.54, 1.807) is 18.2 Å². The summed E-state index contributed by atoms with van der Waals surface area (Å²) in [6.45, 7) is 3.70. The molecule has 4 aliphatic rings. The first-order valence-electron chi connectivity index (χ1n) is 14.0. The van der Waals surface area contributed by atoms with E-state index in [0.29, 0.717) is 52.9 Å². The summed E-state index contributed by atoms with van der Waals surface area (Å²) in [5.41, 5.74) is 2.52. The molecule has 2 fully saturated rings. The number of para-hydroxylation sites is 1. The number of anilines is 1. The van der Waals surface area contributed by atoms with Crippen LogP contribution in [0.25, 0.3) is 11.2 Å². The van der Waals surface area contributed by atoms with Gasteiger partial charge in [0.05, 0.1) is 30.4 Å². The smallest absolute Gasteiger partial charge is 0.354 e. The molecule has 4 aliphatic heterocycles. The van der Waals surface area contributed by atoms with Crippen LogP contribution in [0.15, 0.2) is 48.5 Å². The fraction of sp³-hybridized carbons (Fsp3) is 0.367. The third-order valence-electron chi connectivity index (χ3n) is 8.77. The van der Waals surface area contributed by atoms with Gasteiger partial charge in [-0.05, 0) is 42.8 Å². The Balaban J connectivity index is 1.14. The van der Waals surface area contributed by atoms with Crippen LogP contribution in [0.4, 0.5) is 10.1 Å². The van der Waals surface area contributed by atoms with Gasteiger partial charge in [0.2, 0.25) is 0 Å². The van der Waals surface area contributed by atoms with Crippen LogP contribution in [0.5, 0.6) is 11.5 Å². The zero-order valence-corrected chi connectivity index (χ0v) is 23.2. The number of nitrogens with zero attached hydrogens (tertiary/aromatic N) is 5. The first-order valence-corrected chi connectivity index (χ1v) is 14.4. The lowest BCUT2D eigenvalue weighted by Crippen LogP contribution is -2.61. The monoisotopic (exact) mass is 591 g/mol. The number of fused-ring (bicyclic) bond motifs is 5. The number of carboxylic acid groups (broad SMARTS) is 1. The third-order valence-corrected chi connectivity index (χ3v) is 9.01. The number of piperazine rings is 1. The number of carboxylic acids is 1. The summed E-state index contributed by atoms with van der Waals surface area (Å²) in [6, 6.07) is 13.6. The molecule has 2 aromatic carbocycles. The summed E-state index contributed by atoms with van der Waals surface area (Å²) in [6.07, 6.45) is 0.252. The maximum atomic E-state index is 14.8. The summed E-state index contributed by atoms with van der Waals surface area (Å²) in [7, 11) is 0. The quantitative estimate of drug-likeness (QED) is 0.368. The third kappa shape index (κ3) is 4.10. The highest BCUT2D eigenvalue weighted by atomic mass is 35.5. The van der Waals surface area contributed by atoms with Gasteiger partial charge in [-0.3, -0.25) is 4.90 Å². The van der Waals surface area contributed by atoms with Gasteiger partial charge in [0.25, 0.3) is 0 Å². The fourth-order valence-electron chi connectivity index (χ4n) is 6.69. The highest BCUT2D eigenvalue weighted by Gasteiger charge is 2.46. The zero-order chi connectivity index (χ0) is 28.5. The minimum Gasteiger partial charge on any atom is -0.485 e. The van der Waals surface area contributed by atoms with Gasteiger partial charge in [-0.25, -0.2) is 19.2 Å². The number of aromatic carboxylic acids is 1. The minimum atomic E-state index is -1.07. The molecule has 12 heteroatoms. The molecule has 216 valence electrons. The van der Waals surface area contributed by atoms with Crippen LogP contribution in [0, 0.1) is 5.82 Å². The van der Waals surface area contributed by atoms with Crippen LogP contribution in [-0.2, 0) is 11.3 Å². The Hall–Kier alpha value is -3.93. The van der Waals surface area contributed by atoms with Gasteiger partial charge < -0.3 is 28.8 Å². The number of ether oxygens (including phenoxy) is 3. The van der Waals surface area contributed by atoms with Crippen molar-refractivity contribution < 1.29 is 28.5 Å². The van der Waals surface area contributed by atoms with Crippen LogP contribution in [0.1, 0.15) is 40.4 Å². The minimum absolute atomic E-state index is 0.00841. The van der Waals surface area contributed by atoms with Gasteiger partial charge >= 0.3 is 5.97 Å². The highest BCUT2D eigenvalue weighted by molar-refractivity contribution is 6.30. The first-order chi connectivity index (χ1) is 20.4. The molecule has 0 spiro atoms. The second-order valence-electron chi connectivity index (χ2n) is 11.1. The lowest BCUT2D eigenvalue weighted by molar-refractivity contribution is -0.107. The average molecular weight is 592 g/mol. The lowest BCUT2D eigenvalue weighted by Gasteiger charge is -2.52. The molecule has 42 heavy (non-hydrogen) atoms. The number of rotatable bonds is 4. The van der Waals surface area contributed by atoms with Crippen molar-refractivity contribution in [1.82, 2.24) is 19.4 Å². The standard InChI is InChI=1S/C30H27ClFN5O5/c31-16-4-5-17(18(32)12-16)25-15-41-24-3-1-2-21(28(24)42-25)35-9-10-36-14-26-33-19-6-7-20(30(38)39)34-29(19)37(26)27(22(36)13-35)23-8-11-40-23/h1-7,12,22-23,25,27H,8-11,13-15H2,(H,38,39)/t22?,23?,25-,27?/m1/s1. The molecule has 0 amide bonds. The van der Waals surface area contributed by atoms with Crippen molar-refractivity contribution in [2.75, 3.05) is 37.7 Å². The SMILES string of the molecule is O=C(O)c1ccc2nc3n(c2n1)C(C1CCO1)C1CN(c2cccc4c2O[C@@H](c2ccc(Cl)cc2F)CO4)CCN1C3. The molecule has 3 unspecified atom stereocenters. The van der Waals surface area contributed by atoms with Crippen molar-refractivity contribution in [2.24, 2.45) is 0 Å². The zero-order valence-electron chi connectivity index (χ0n) is 22.5. The molecule has 2 aromatic heterocycles. The number of aromatic nitrogens is 3. The summed E-state index contributed by atoms with van der Waals surface area (Å²) in [5, 5.41) is 9.93. The van der Waals surface area contributed by atoms with E-state index in [-0.39, 0.29) is 30.5 Å². The molecule has 10 nitrogen and oxygen atoms in total. The molecule has 0 bridgehead atoms. The summed E-state index contributed by atoms with van der Waals surface area (Å²) >= 11 is 5.98. The van der Waals surface area contributed by atoms with Crippen LogP contribution >= 0.6 is 11.6 Å². The van der Waals surface area contributed by atoms with Crippen LogP contribution in [0.2, 0.25) is 5.02 Å². The van der Waals surface area contributed by atoms with Crippen molar-refractivity contribution >= 4 is 34.4 Å². The molecule has 8 rings (SSSR count). The van der Waals surface area contributed by atoms with Gasteiger partial charge in [0.1, 0.15) is 23.8 Å². The molecule has 2 saturated heterocycles. The molecular weight excluding hydrogens is 565 g/mol. The molecule has 6 heterocycles. The number of benzene rings is 2. The van der Waals surface area contributed by atoms with E-state index in [1.807, 2.05) is 18.2 Å². The maximum absolute atomic E-state index is 14.8. The Labute approximate surface area is 245 Å². The van der Waals surface area contributed by atoms with Crippen molar-refractivity contribution in [3.63, 3.8) is 0 Å². The largest absolute Gasteiger partial charge is 0.485 e. The molecule has 4 aromatic rings. The van der Waals surface area contributed by atoms with E-state index < -0.39 is 17.9 Å². The predicted molar refractivity (Wildman–Crippen MR) is 151 cm³/mol. The average Bonchev–Trinajstić information content (AvgIpc) is 3.32. The van der Waals surface area contributed by atoms with Gasteiger partial charge in [0.15, 0.2) is 28.9 Å². The van der Waals surface area contributed by atoms with Crippen molar-refractivity contribution in [3.05, 3.63) is 76.5 Å². The van der Waals surface area contributed by atoms with Crippen LogP contribution < -0.4 is 14.4 Å². The normalized spacial score (nSPS) is 25.0. The Morgan fingerprint density at radius 3 is 2.79 bits per heavy atom. The number of hydrogen-bond acceptors (Lipinski definition) is 8. The second-order valence-corrected chi connectivity index (χ2v) is 11.5. The first kappa shape index (κ1) is 25.8. The molecule has 4 atom stereocenters. The Bertz CT molecular complexity index is 1730. The Kier molecular flexibility index (Phi) is 6.02. The van der Waals surface area contributed by atoms with E-state index in [1.165, 1.54) is 12.1 Å². The van der Waals surface area contributed by atoms with Crippen LogP contribution in [-0.4, -0.2) is 75.5 Å². The van der Waals surface area contributed by atoms with E-state index in [9.17, 15) is 14.3 Å². The van der Waals surface area contributed by atoms with Crippen molar-refractivity contribution in [1.29, 1.82) is 0 Å².